The predicted octanol–water partition coefficient (Wildman–Crippen LogP) is 1.00. The molecular weight excluding hydrogens is 200 g/mol. The van der Waals surface area contributed by atoms with E-state index in [0.717, 1.165) is 6.54 Å². The quantitative estimate of drug-likeness (QED) is 0.781. The number of aliphatic hydroxyl groups is 1. The van der Waals surface area contributed by atoms with E-state index in [1.54, 1.807) is 0 Å². The molecule has 1 aromatic rings. The highest BCUT2D eigenvalue weighted by molar-refractivity contribution is 5.25. The molecule has 0 spiro atoms. The third-order valence-corrected chi connectivity index (χ3v) is 2.46. The number of hydrogen-bond donors (Lipinski definition) is 2. The summed E-state index contributed by atoms with van der Waals surface area (Å²) >= 11 is 0. The number of aliphatic hydroxyl groups excluding tert-OH is 1. The van der Waals surface area contributed by atoms with Gasteiger partial charge < -0.3 is 15.7 Å². The van der Waals surface area contributed by atoms with Crippen LogP contribution in [0.4, 0.5) is 0 Å². The van der Waals surface area contributed by atoms with Gasteiger partial charge in [-0.1, -0.05) is 24.3 Å². The van der Waals surface area contributed by atoms with Crippen LogP contribution < -0.4 is 5.73 Å². The Morgan fingerprint density at radius 1 is 1.31 bits per heavy atom. The Labute approximate surface area is 97.9 Å². The van der Waals surface area contributed by atoms with Crippen molar-refractivity contribution in [3.8, 4) is 0 Å². The number of benzene rings is 1. The minimum absolute atomic E-state index is 0.00487. The average Bonchev–Trinajstić information content (AvgIpc) is 2.16. The summed E-state index contributed by atoms with van der Waals surface area (Å²) in [5, 5.41) is 9.14. The first kappa shape index (κ1) is 13.2. The predicted molar refractivity (Wildman–Crippen MR) is 67.2 cm³/mol. The highest BCUT2D eigenvalue weighted by Gasteiger charge is 2.17. The topological polar surface area (TPSA) is 49.5 Å². The Hall–Kier alpha value is -0.900. The van der Waals surface area contributed by atoms with Crippen molar-refractivity contribution >= 4 is 0 Å². The van der Waals surface area contributed by atoms with Crippen molar-refractivity contribution < 1.29 is 5.11 Å². The van der Waals surface area contributed by atoms with E-state index < -0.39 is 5.54 Å². The maximum Gasteiger partial charge on any atom is 0.0611 e. The SMILES string of the molecule is CN(C)Cc1cccc(CC(C)(N)CO)c1. The monoisotopic (exact) mass is 222 g/mol. The van der Waals surface area contributed by atoms with Gasteiger partial charge in [-0.25, -0.2) is 0 Å². The summed E-state index contributed by atoms with van der Waals surface area (Å²) < 4.78 is 0. The van der Waals surface area contributed by atoms with E-state index in [0.29, 0.717) is 6.42 Å². The standard InChI is InChI=1S/C13H22N2O/c1-13(14,10-16)8-11-5-4-6-12(7-11)9-15(2)3/h4-7,16H,8-10,14H2,1-3H3. The van der Waals surface area contributed by atoms with Crippen molar-refractivity contribution in [1.82, 2.24) is 4.90 Å². The van der Waals surface area contributed by atoms with Gasteiger partial charge in [0.2, 0.25) is 0 Å². The molecule has 0 aliphatic carbocycles. The Kier molecular flexibility index (Phi) is 4.47. The van der Waals surface area contributed by atoms with Gasteiger partial charge in [-0.3, -0.25) is 0 Å². The van der Waals surface area contributed by atoms with Crippen LogP contribution in [-0.2, 0) is 13.0 Å². The molecule has 0 saturated heterocycles. The Bertz CT molecular complexity index is 334. The molecule has 1 aromatic carbocycles. The number of hydrogen-bond acceptors (Lipinski definition) is 3. The van der Waals surface area contributed by atoms with Gasteiger partial charge >= 0.3 is 0 Å². The summed E-state index contributed by atoms with van der Waals surface area (Å²) in [6.45, 7) is 2.80. The van der Waals surface area contributed by atoms with E-state index in [1.807, 2.05) is 27.1 Å². The first-order chi connectivity index (χ1) is 7.43. The second-order valence-electron chi connectivity index (χ2n) is 5.05. The first-order valence-electron chi connectivity index (χ1n) is 5.55. The van der Waals surface area contributed by atoms with Crippen LogP contribution in [-0.4, -0.2) is 36.2 Å². The largest absolute Gasteiger partial charge is 0.394 e. The minimum atomic E-state index is -0.531. The van der Waals surface area contributed by atoms with Crippen molar-refractivity contribution in [2.24, 2.45) is 5.73 Å². The Balaban J connectivity index is 2.74. The summed E-state index contributed by atoms with van der Waals surface area (Å²) in [6, 6.07) is 8.36. The number of rotatable bonds is 5. The normalized spacial score (nSPS) is 15.1. The van der Waals surface area contributed by atoms with Gasteiger partial charge in [0.15, 0.2) is 0 Å². The number of nitrogens with two attached hydrogens (primary N) is 1. The molecule has 1 rings (SSSR count). The van der Waals surface area contributed by atoms with Crippen molar-refractivity contribution in [3.05, 3.63) is 35.4 Å². The van der Waals surface area contributed by atoms with E-state index in [9.17, 15) is 0 Å². The smallest absolute Gasteiger partial charge is 0.0611 e. The third kappa shape index (κ3) is 4.31. The van der Waals surface area contributed by atoms with E-state index in [1.165, 1.54) is 11.1 Å². The summed E-state index contributed by atoms with van der Waals surface area (Å²) in [7, 11) is 4.10. The fourth-order valence-corrected chi connectivity index (χ4v) is 1.73. The highest BCUT2D eigenvalue weighted by Crippen LogP contribution is 2.13. The molecule has 0 saturated carbocycles. The van der Waals surface area contributed by atoms with E-state index >= 15 is 0 Å². The Morgan fingerprint density at radius 3 is 2.50 bits per heavy atom. The zero-order valence-corrected chi connectivity index (χ0v) is 10.4. The summed E-state index contributed by atoms with van der Waals surface area (Å²) in [4.78, 5) is 2.13. The van der Waals surface area contributed by atoms with Crippen LogP contribution in [0.1, 0.15) is 18.1 Å². The summed E-state index contributed by atoms with van der Waals surface area (Å²) in [5.74, 6) is 0. The Morgan fingerprint density at radius 2 is 1.94 bits per heavy atom. The van der Waals surface area contributed by atoms with E-state index in [-0.39, 0.29) is 6.61 Å². The molecule has 3 N–H and O–H groups in total. The van der Waals surface area contributed by atoms with Crippen LogP contribution in [0.25, 0.3) is 0 Å². The molecule has 90 valence electrons. The van der Waals surface area contributed by atoms with Gasteiger partial charge in [-0.2, -0.15) is 0 Å². The fourth-order valence-electron chi connectivity index (χ4n) is 1.73. The second-order valence-corrected chi connectivity index (χ2v) is 5.05. The van der Waals surface area contributed by atoms with Crippen molar-refractivity contribution in [2.45, 2.75) is 25.4 Å². The molecule has 1 atom stereocenters. The summed E-state index contributed by atoms with van der Waals surface area (Å²) in [5.41, 5.74) is 7.86. The average molecular weight is 222 g/mol. The van der Waals surface area contributed by atoms with Gasteiger partial charge in [-0.15, -0.1) is 0 Å². The third-order valence-electron chi connectivity index (χ3n) is 2.46. The van der Waals surface area contributed by atoms with Crippen LogP contribution in [0.3, 0.4) is 0 Å². The molecule has 3 nitrogen and oxygen atoms in total. The molecule has 0 fully saturated rings. The van der Waals surface area contributed by atoms with Gasteiger partial charge in [0.25, 0.3) is 0 Å². The van der Waals surface area contributed by atoms with Crippen molar-refractivity contribution in [3.63, 3.8) is 0 Å². The van der Waals surface area contributed by atoms with Gasteiger partial charge in [0.1, 0.15) is 0 Å². The molecule has 0 amide bonds. The van der Waals surface area contributed by atoms with Crippen LogP contribution in [0, 0.1) is 0 Å². The van der Waals surface area contributed by atoms with Gasteiger partial charge in [0.05, 0.1) is 6.61 Å². The maximum absolute atomic E-state index is 9.14. The van der Waals surface area contributed by atoms with Crippen LogP contribution >= 0.6 is 0 Å². The minimum Gasteiger partial charge on any atom is -0.394 e. The second kappa shape index (κ2) is 5.43. The van der Waals surface area contributed by atoms with Gasteiger partial charge in [-0.05, 0) is 38.6 Å². The first-order valence-corrected chi connectivity index (χ1v) is 5.55. The van der Waals surface area contributed by atoms with E-state index in [4.69, 9.17) is 10.8 Å². The lowest BCUT2D eigenvalue weighted by Crippen LogP contribution is -2.42. The van der Waals surface area contributed by atoms with Crippen molar-refractivity contribution in [1.29, 1.82) is 0 Å². The number of nitrogens with zero attached hydrogens (tertiary/aromatic N) is 1. The molecule has 0 aliphatic rings. The molecule has 0 aliphatic heterocycles. The zero-order chi connectivity index (χ0) is 12.2. The fraction of sp³-hybridized carbons (Fsp3) is 0.538. The maximum atomic E-state index is 9.14. The molecule has 0 bridgehead atoms. The molecule has 0 radical (unpaired) electrons. The molecule has 0 heterocycles. The van der Waals surface area contributed by atoms with E-state index in [2.05, 4.69) is 23.1 Å². The molecule has 0 aromatic heterocycles. The molecule has 1 unspecified atom stereocenters. The molecule has 16 heavy (non-hydrogen) atoms. The highest BCUT2D eigenvalue weighted by atomic mass is 16.3. The van der Waals surface area contributed by atoms with Crippen molar-refractivity contribution in [2.75, 3.05) is 20.7 Å². The summed E-state index contributed by atoms with van der Waals surface area (Å²) in [6.07, 6.45) is 0.699. The lowest BCUT2D eigenvalue weighted by atomic mass is 9.94. The van der Waals surface area contributed by atoms with Crippen LogP contribution in [0.5, 0.6) is 0 Å². The lowest BCUT2D eigenvalue weighted by Gasteiger charge is -2.22. The molecular formula is C13H22N2O. The zero-order valence-electron chi connectivity index (χ0n) is 10.4. The van der Waals surface area contributed by atoms with Crippen LogP contribution in [0.15, 0.2) is 24.3 Å². The lowest BCUT2D eigenvalue weighted by molar-refractivity contribution is 0.208. The van der Waals surface area contributed by atoms with Gasteiger partial charge in [0, 0.05) is 12.1 Å². The van der Waals surface area contributed by atoms with Crippen LogP contribution in [0.2, 0.25) is 0 Å². The molecule has 3 heteroatoms.